The Morgan fingerprint density at radius 2 is 2.38 bits per heavy atom. The first kappa shape index (κ1) is 8.82. The molecule has 0 radical (unpaired) electrons. The molecule has 13 heavy (non-hydrogen) atoms. The van der Waals surface area contributed by atoms with Crippen molar-refractivity contribution in [1.29, 1.82) is 0 Å². The predicted molar refractivity (Wildman–Crippen MR) is 52.4 cm³/mol. The summed E-state index contributed by atoms with van der Waals surface area (Å²) in [7, 11) is 0. The molecule has 1 fully saturated rings. The summed E-state index contributed by atoms with van der Waals surface area (Å²) in [5, 5.41) is 3.47. The van der Waals surface area contributed by atoms with Crippen molar-refractivity contribution in [3.63, 3.8) is 0 Å². The molecule has 0 unspecified atom stereocenters. The molecule has 2 rings (SSSR count). The van der Waals surface area contributed by atoms with E-state index in [1.54, 1.807) is 12.5 Å². The van der Waals surface area contributed by atoms with Crippen LogP contribution in [0.5, 0.6) is 0 Å². The molecule has 0 saturated heterocycles. The van der Waals surface area contributed by atoms with Gasteiger partial charge < -0.3 is 9.73 Å². The van der Waals surface area contributed by atoms with E-state index in [0.717, 1.165) is 13.1 Å². The predicted octanol–water partition coefficient (Wildman–Crippen LogP) is 2.56. The van der Waals surface area contributed by atoms with Gasteiger partial charge in [-0.05, 0) is 24.3 Å². The first-order chi connectivity index (χ1) is 6.29. The van der Waals surface area contributed by atoms with E-state index in [9.17, 15) is 0 Å². The van der Waals surface area contributed by atoms with Crippen molar-refractivity contribution < 1.29 is 4.42 Å². The van der Waals surface area contributed by atoms with E-state index in [1.165, 1.54) is 24.8 Å². The maximum absolute atomic E-state index is 5.00. The summed E-state index contributed by atoms with van der Waals surface area (Å²) in [6.07, 6.45) is 7.69. The molecular weight excluding hydrogens is 162 g/mol. The summed E-state index contributed by atoms with van der Waals surface area (Å²) < 4.78 is 5.00. The Morgan fingerprint density at radius 1 is 1.54 bits per heavy atom. The van der Waals surface area contributed by atoms with Crippen molar-refractivity contribution >= 4 is 0 Å². The summed E-state index contributed by atoms with van der Waals surface area (Å²) in [6, 6.07) is 2.01. The van der Waals surface area contributed by atoms with Crippen LogP contribution >= 0.6 is 0 Å². The van der Waals surface area contributed by atoms with Gasteiger partial charge in [0.1, 0.15) is 0 Å². The van der Waals surface area contributed by atoms with Crippen LogP contribution in [0.2, 0.25) is 0 Å². The molecule has 2 heteroatoms. The van der Waals surface area contributed by atoms with Crippen LogP contribution in [0, 0.1) is 5.41 Å². The highest BCUT2D eigenvalue weighted by molar-refractivity contribution is 5.04. The maximum Gasteiger partial charge on any atom is 0.0947 e. The lowest BCUT2D eigenvalue weighted by Gasteiger charge is -2.38. The molecule has 1 aromatic heterocycles. The normalized spacial score (nSPS) is 19.8. The minimum atomic E-state index is 0.573. The third-order valence-corrected chi connectivity index (χ3v) is 3.02. The summed E-state index contributed by atoms with van der Waals surface area (Å²) in [5.74, 6) is 0. The Balaban J connectivity index is 1.69. The summed E-state index contributed by atoms with van der Waals surface area (Å²) >= 11 is 0. The van der Waals surface area contributed by atoms with Crippen molar-refractivity contribution in [2.24, 2.45) is 5.41 Å². The first-order valence-electron chi connectivity index (χ1n) is 5.00. The molecular formula is C11H17NO. The van der Waals surface area contributed by atoms with Crippen LogP contribution in [0.25, 0.3) is 0 Å². The topological polar surface area (TPSA) is 25.2 Å². The van der Waals surface area contributed by atoms with Crippen LogP contribution in [0.1, 0.15) is 31.7 Å². The maximum atomic E-state index is 5.00. The van der Waals surface area contributed by atoms with Crippen LogP contribution in [-0.2, 0) is 6.54 Å². The van der Waals surface area contributed by atoms with Crippen LogP contribution in [0.15, 0.2) is 23.0 Å². The Bertz CT molecular complexity index is 249. The molecule has 1 saturated carbocycles. The van der Waals surface area contributed by atoms with Gasteiger partial charge in [-0.15, -0.1) is 0 Å². The SMILES string of the molecule is CC1(CNCc2ccoc2)CCC1. The van der Waals surface area contributed by atoms with E-state index in [2.05, 4.69) is 12.2 Å². The minimum Gasteiger partial charge on any atom is -0.472 e. The van der Waals surface area contributed by atoms with Crippen molar-refractivity contribution in [1.82, 2.24) is 5.32 Å². The van der Waals surface area contributed by atoms with Gasteiger partial charge >= 0.3 is 0 Å². The number of rotatable bonds is 4. The zero-order valence-corrected chi connectivity index (χ0v) is 8.18. The second-order valence-corrected chi connectivity index (χ2v) is 4.40. The lowest BCUT2D eigenvalue weighted by atomic mass is 9.70. The van der Waals surface area contributed by atoms with Gasteiger partial charge in [0.15, 0.2) is 0 Å². The first-order valence-corrected chi connectivity index (χ1v) is 5.00. The third-order valence-electron chi connectivity index (χ3n) is 3.02. The van der Waals surface area contributed by atoms with E-state index < -0.39 is 0 Å². The quantitative estimate of drug-likeness (QED) is 0.768. The Hall–Kier alpha value is -0.760. The Morgan fingerprint density at radius 3 is 2.92 bits per heavy atom. The molecule has 1 aliphatic rings. The van der Waals surface area contributed by atoms with E-state index in [1.807, 2.05) is 6.07 Å². The number of furan rings is 1. The molecule has 0 spiro atoms. The van der Waals surface area contributed by atoms with Crippen LogP contribution in [-0.4, -0.2) is 6.54 Å². The summed E-state index contributed by atoms with van der Waals surface area (Å²) in [6.45, 7) is 4.43. The third kappa shape index (κ3) is 2.13. The van der Waals surface area contributed by atoms with Crippen molar-refractivity contribution in [3.05, 3.63) is 24.2 Å². The zero-order valence-electron chi connectivity index (χ0n) is 8.18. The van der Waals surface area contributed by atoms with Gasteiger partial charge in [-0.3, -0.25) is 0 Å². The number of hydrogen-bond acceptors (Lipinski definition) is 2. The second kappa shape index (κ2) is 3.54. The molecule has 1 N–H and O–H groups in total. The summed E-state index contributed by atoms with van der Waals surface area (Å²) in [5.41, 5.74) is 1.81. The van der Waals surface area contributed by atoms with E-state index in [4.69, 9.17) is 4.42 Å². The van der Waals surface area contributed by atoms with Crippen LogP contribution in [0.4, 0.5) is 0 Å². The van der Waals surface area contributed by atoms with Gasteiger partial charge in [0.05, 0.1) is 12.5 Å². The zero-order chi connectivity index (χ0) is 9.15. The summed E-state index contributed by atoms with van der Waals surface area (Å²) in [4.78, 5) is 0. The van der Waals surface area contributed by atoms with Crippen LogP contribution in [0.3, 0.4) is 0 Å². The van der Waals surface area contributed by atoms with Crippen molar-refractivity contribution in [2.75, 3.05) is 6.54 Å². The van der Waals surface area contributed by atoms with Gasteiger partial charge in [0.25, 0.3) is 0 Å². The molecule has 1 aliphatic carbocycles. The number of nitrogens with one attached hydrogen (secondary N) is 1. The highest BCUT2D eigenvalue weighted by Crippen LogP contribution is 2.39. The monoisotopic (exact) mass is 179 g/mol. The Kier molecular flexibility index (Phi) is 2.40. The largest absolute Gasteiger partial charge is 0.472 e. The molecule has 0 atom stereocenters. The lowest BCUT2D eigenvalue weighted by molar-refractivity contribution is 0.156. The standard InChI is InChI=1S/C11H17NO/c1-11(4-2-5-11)9-12-7-10-3-6-13-8-10/h3,6,8,12H,2,4-5,7,9H2,1H3. The van der Waals surface area contributed by atoms with Gasteiger partial charge in [-0.25, -0.2) is 0 Å². The highest BCUT2D eigenvalue weighted by atomic mass is 16.3. The molecule has 72 valence electrons. The van der Waals surface area contributed by atoms with Gasteiger partial charge in [-0.1, -0.05) is 13.3 Å². The fourth-order valence-corrected chi connectivity index (χ4v) is 1.86. The van der Waals surface area contributed by atoms with E-state index >= 15 is 0 Å². The fraction of sp³-hybridized carbons (Fsp3) is 0.636. The van der Waals surface area contributed by atoms with Gasteiger partial charge in [0, 0.05) is 18.7 Å². The lowest BCUT2D eigenvalue weighted by Crippen LogP contribution is -2.36. The van der Waals surface area contributed by atoms with E-state index in [0.29, 0.717) is 5.41 Å². The van der Waals surface area contributed by atoms with Crippen LogP contribution < -0.4 is 5.32 Å². The smallest absolute Gasteiger partial charge is 0.0947 e. The minimum absolute atomic E-state index is 0.573. The molecule has 2 nitrogen and oxygen atoms in total. The average Bonchev–Trinajstić information content (AvgIpc) is 2.54. The fourth-order valence-electron chi connectivity index (χ4n) is 1.86. The molecule has 0 aliphatic heterocycles. The molecule has 1 heterocycles. The molecule has 0 amide bonds. The van der Waals surface area contributed by atoms with E-state index in [-0.39, 0.29) is 0 Å². The second-order valence-electron chi connectivity index (χ2n) is 4.40. The van der Waals surface area contributed by atoms with Gasteiger partial charge in [0.2, 0.25) is 0 Å². The molecule has 0 bridgehead atoms. The van der Waals surface area contributed by atoms with Crippen molar-refractivity contribution in [2.45, 2.75) is 32.7 Å². The Labute approximate surface area is 79.3 Å². The average molecular weight is 179 g/mol. The van der Waals surface area contributed by atoms with Crippen molar-refractivity contribution in [3.8, 4) is 0 Å². The molecule has 1 aromatic rings. The molecule has 0 aromatic carbocycles. The number of hydrogen-bond donors (Lipinski definition) is 1. The van der Waals surface area contributed by atoms with Gasteiger partial charge in [-0.2, -0.15) is 0 Å². The highest BCUT2D eigenvalue weighted by Gasteiger charge is 2.30.